The first-order valence-electron chi connectivity index (χ1n) is 6.90. The molecule has 1 heterocycles. The Morgan fingerprint density at radius 3 is 2.27 bits per heavy atom. The molecule has 0 saturated heterocycles. The first kappa shape index (κ1) is 18.3. The van der Waals surface area contributed by atoms with Crippen molar-refractivity contribution in [2.24, 2.45) is 0 Å². The molecule has 0 unspecified atom stereocenters. The molecule has 140 valence electrons. The fourth-order valence-corrected chi connectivity index (χ4v) is 2.68. The number of aromatic nitrogens is 1. The number of ether oxygens (including phenoxy) is 1. The zero-order valence-electron chi connectivity index (χ0n) is 12.4. The Morgan fingerprint density at radius 2 is 1.69 bits per heavy atom. The average Bonchev–Trinajstić information content (AvgIpc) is 2.63. The predicted molar refractivity (Wildman–Crippen MR) is 72.3 cm³/mol. The minimum atomic E-state index is -5.44. The van der Waals surface area contributed by atoms with Gasteiger partial charge in [0.1, 0.15) is 11.5 Å². The van der Waals surface area contributed by atoms with E-state index in [1.165, 1.54) is 0 Å². The number of halogens is 6. The second-order valence-corrected chi connectivity index (χ2v) is 5.47. The summed E-state index contributed by atoms with van der Waals surface area (Å²) in [7, 11) is 0. The van der Waals surface area contributed by atoms with Crippen LogP contribution in [0.3, 0.4) is 0 Å². The lowest BCUT2D eigenvalue weighted by Gasteiger charge is -2.28. The first-order chi connectivity index (χ1) is 11.9. The third-order valence-corrected chi connectivity index (χ3v) is 3.89. The van der Waals surface area contributed by atoms with Crippen LogP contribution in [-0.2, 0) is 11.7 Å². The maximum Gasteiger partial charge on any atom is 0.371 e. The molecule has 1 aliphatic carbocycles. The van der Waals surface area contributed by atoms with Crippen molar-refractivity contribution in [1.29, 1.82) is 0 Å². The van der Waals surface area contributed by atoms with Gasteiger partial charge in [0.05, 0.1) is 5.56 Å². The summed E-state index contributed by atoms with van der Waals surface area (Å²) in [5, 5.41) is 28.3. The fraction of sp³-hybridized carbons (Fsp3) is 0.267. The molecule has 1 aliphatic rings. The van der Waals surface area contributed by atoms with Gasteiger partial charge in [0.25, 0.3) is 12.2 Å². The number of aliphatic hydroxyl groups is 2. The van der Waals surface area contributed by atoms with Crippen molar-refractivity contribution in [3.63, 3.8) is 0 Å². The highest BCUT2D eigenvalue weighted by atomic mass is 19.3. The van der Waals surface area contributed by atoms with E-state index in [0.717, 1.165) is 18.3 Å². The van der Waals surface area contributed by atoms with E-state index in [-0.39, 0.29) is 5.75 Å². The summed E-state index contributed by atoms with van der Waals surface area (Å²) in [4.78, 5) is 3.41. The molecule has 11 heteroatoms. The molecule has 2 aromatic rings. The largest absolute Gasteiger partial charge is 0.493 e. The zero-order chi connectivity index (χ0) is 19.5. The van der Waals surface area contributed by atoms with Crippen LogP contribution < -0.4 is 4.74 Å². The van der Waals surface area contributed by atoms with Gasteiger partial charge in [0.15, 0.2) is 0 Å². The number of hydrogen-bond donors (Lipinski definition) is 3. The summed E-state index contributed by atoms with van der Waals surface area (Å²) in [6.07, 6.45) is -2.62. The van der Waals surface area contributed by atoms with Crippen LogP contribution in [0.1, 0.15) is 23.1 Å². The van der Waals surface area contributed by atoms with Gasteiger partial charge < -0.3 is 20.1 Å². The molecule has 0 spiro atoms. The van der Waals surface area contributed by atoms with Gasteiger partial charge in [-0.1, -0.05) is 0 Å². The van der Waals surface area contributed by atoms with Crippen molar-refractivity contribution >= 4 is 0 Å². The number of hydrogen-bond acceptors (Lipinski definition) is 5. The number of benzene rings is 1. The number of aromatic hydroxyl groups is 1. The maximum atomic E-state index is 13.9. The van der Waals surface area contributed by atoms with Gasteiger partial charge in [-0.2, -0.15) is 17.6 Å². The second kappa shape index (κ2) is 5.48. The Morgan fingerprint density at radius 1 is 1.04 bits per heavy atom. The second-order valence-electron chi connectivity index (χ2n) is 5.47. The van der Waals surface area contributed by atoms with Gasteiger partial charge in [-0.3, -0.25) is 0 Å². The molecule has 0 fully saturated rings. The van der Waals surface area contributed by atoms with Crippen LogP contribution in [0.4, 0.5) is 26.3 Å². The van der Waals surface area contributed by atoms with Gasteiger partial charge in [-0.25, -0.2) is 13.8 Å². The Labute approximate surface area is 141 Å². The highest BCUT2D eigenvalue weighted by Gasteiger charge is 2.77. The van der Waals surface area contributed by atoms with Crippen molar-refractivity contribution in [3.05, 3.63) is 47.2 Å². The third kappa shape index (κ3) is 2.31. The topological polar surface area (TPSA) is 82.8 Å². The lowest BCUT2D eigenvalue weighted by molar-refractivity contribution is -0.358. The van der Waals surface area contributed by atoms with Crippen LogP contribution in [0, 0.1) is 0 Å². The third-order valence-electron chi connectivity index (χ3n) is 3.89. The molecule has 0 atom stereocenters. The molecule has 0 saturated carbocycles. The average molecular weight is 381 g/mol. The van der Waals surface area contributed by atoms with E-state index in [1.807, 2.05) is 0 Å². The van der Waals surface area contributed by atoms with Crippen molar-refractivity contribution in [2.45, 2.75) is 24.1 Å². The molecule has 0 amide bonds. The molecule has 1 aromatic heterocycles. The standard InChI is InChI=1S/C15H9F6NO4/c16-12(17)10-8(26-6-3-4-22-9(23)5-6)2-1-7-11(10)14(24,25)15(20,21)13(7,18)19/h1-5,12,24-25H,(H,22,23). The maximum absolute atomic E-state index is 13.9. The normalized spacial score (nSPS) is 19.4. The molecule has 3 N–H and O–H groups in total. The Bertz CT molecular complexity index is 871. The number of pyridine rings is 1. The molecule has 1 aromatic carbocycles. The minimum absolute atomic E-state index is 0.266. The van der Waals surface area contributed by atoms with E-state index < -0.39 is 52.4 Å². The number of nitrogens with zero attached hydrogens (tertiary/aromatic N) is 1. The van der Waals surface area contributed by atoms with Gasteiger partial charge in [-0.15, -0.1) is 0 Å². The van der Waals surface area contributed by atoms with Crippen LogP contribution in [-0.4, -0.2) is 26.2 Å². The Kier molecular flexibility index (Phi) is 3.85. The smallest absolute Gasteiger partial charge is 0.371 e. The fourth-order valence-electron chi connectivity index (χ4n) is 2.68. The lowest BCUT2D eigenvalue weighted by Crippen LogP contribution is -2.49. The zero-order valence-corrected chi connectivity index (χ0v) is 12.4. The van der Waals surface area contributed by atoms with Crippen molar-refractivity contribution < 1.29 is 46.4 Å². The number of alkyl halides is 6. The molecule has 0 bridgehead atoms. The van der Waals surface area contributed by atoms with E-state index in [0.29, 0.717) is 12.1 Å². The summed E-state index contributed by atoms with van der Waals surface area (Å²) in [6, 6.07) is 2.91. The summed E-state index contributed by atoms with van der Waals surface area (Å²) in [5.74, 6) is -16.8. The Hall–Kier alpha value is -2.53. The molecule has 3 rings (SSSR count). The molecule has 0 aliphatic heterocycles. The highest BCUT2D eigenvalue weighted by Crippen LogP contribution is 2.62. The molecule has 5 nitrogen and oxygen atoms in total. The highest BCUT2D eigenvalue weighted by molar-refractivity contribution is 5.55. The van der Waals surface area contributed by atoms with E-state index >= 15 is 0 Å². The van der Waals surface area contributed by atoms with Crippen LogP contribution >= 0.6 is 0 Å². The summed E-state index contributed by atoms with van der Waals surface area (Å²) >= 11 is 0. The van der Waals surface area contributed by atoms with Gasteiger partial charge in [0.2, 0.25) is 5.88 Å². The van der Waals surface area contributed by atoms with Crippen molar-refractivity contribution in [2.75, 3.05) is 0 Å². The summed E-state index contributed by atoms with van der Waals surface area (Å²) < 4.78 is 87.2. The van der Waals surface area contributed by atoms with Crippen LogP contribution in [0.2, 0.25) is 0 Å². The molecule has 0 radical (unpaired) electrons. The van der Waals surface area contributed by atoms with E-state index in [1.54, 1.807) is 0 Å². The van der Waals surface area contributed by atoms with E-state index in [9.17, 15) is 41.7 Å². The SMILES string of the molecule is Oc1cc(Oc2ccc3c(c2C(F)F)C(O)(O)C(F)(F)C3(F)F)ccn1. The minimum Gasteiger partial charge on any atom is -0.493 e. The monoisotopic (exact) mass is 381 g/mol. The molecule has 26 heavy (non-hydrogen) atoms. The van der Waals surface area contributed by atoms with E-state index in [2.05, 4.69) is 4.98 Å². The van der Waals surface area contributed by atoms with Gasteiger partial charge in [-0.05, 0) is 18.2 Å². The van der Waals surface area contributed by atoms with Crippen LogP contribution in [0.25, 0.3) is 0 Å². The van der Waals surface area contributed by atoms with Crippen LogP contribution in [0.5, 0.6) is 17.4 Å². The van der Waals surface area contributed by atoms with Gasteiger partial charge in [0, 0.05) is 23.4 Å². The number of rotatable bonds is 3. The van der Waals surface area contributed by atoms with Crippen LogP contribution in [0.15, 0.2) is 30.5 Å². The quantitative estimate of drug-likeness (QED) is 0.561. The molecular formula is C15H9F6NO4. The van der Waals surface area contributed by atoms with Crippen molar-refractivity contribution in [3.8, 4) is 17.4 Å². The first-order valence-corrected chi connectivity index (χ1v) is 6.90. The van der Waals surface area contributed by atoms with Gasteiger partial charge >= 0.3 is 11.8 Å². The Balaban J connectivity index is 2.23. The van der Waals surface area contributed by atoms with E-state index in [4.69, 9.17) is 4.74 Å². The lowest BCUT2D eigenvalue weighted by atomic mass is 9.98. The molecular weight excluding hydrogens is 372 g/mol. The predicted octanol–water partition coefficient (Wildman–Crippen LogP) is 3.40. The summed E-state index contributed by atoms with van der Waals surface area (Å²) in [6.45, 7) is 0. The summed E-state index contributed by atoms with van der Waals surface area (Å²) in [5.41, 5.74) is -4.90. The number of fused-ring (bicyclic) bond motifs is 1. The van der Waals surface area contributed by atoms with Crippen molar-refractivity contribution in [1.82, 2.24) is 4.98 Å².